The van der Waals surface area contributed by atoms with E-state index < -0.39 is 0 Å². The van der Waals surface area contributed by atoms with Crippen molar-refractivity contribution in [1.82, 2.24) is 0 Å². The monoisotopic (exact) mass is 264 g/mol. The zero-order valence-electron chi connectivity index (χ0n) is 10.3. The summed E-state index contributed by atoms with van der Waals surface area (Å²) >= 11 is 6.36. The van der Waals surface area contributed by atoms with Crippen LogP contribution in [0.4, 0.5) is 4.39 Å². The number of alkyl halides is 1. The molecule has 0 N–H and O–H groups in total. The third kappa shape index (κ3) is 2.82. The van der Waals surface area contributed by atoms with E-state index in [0.717, 1.165) is 22.4 Å². The van der Waals surface area contributed by atoms with E-state index in [0.29, 0.717) is 0 Å². The molecule has 3 heteroatoms. The number of hydrogen-bond acceptors (Lipinski definition) is 1. The summed E-state index contributed by atoms with van der Waals surface area (Å²) in [7, 11) is 1.61. The molecule has 0 saturated heterocycles. The average Bonchev–Trinajstić information content (AvgIpc) is 2.37. The second kappa shape index (κ2) is 5.40. The van der Waals surface area contributed by atoms with Crippen LogP contribution in [-0.2, 0) is 0 Å². The van der Waals surface area contributed by atoms with Crippen LogP contribution in [0.5, 0.6) is 5.75 Å². The SMILES string of the molecule is COc1ccc(C(Cl)c2cc(C)cc(F)c2)cc1. The summed E-state index contributed by atoms with van der Waals surface area (Å²) in [6, 6.07) is 12.3. The van der Waals surface area contributed by atoms with E-state index in [9.17, 15) is 4.39 Å². The third-order valence-corrected chi connectivity index (χ3v) is 3.27. The number of hydrogen-bond donors (Lipinski definition) is 0. The van der Waals surface area contributed by atoms with Crippen molar-refractivity contribution < 1.29 is 9.13 Å². The van der Waals surface area contributed by atoms with Crippen molar-refractivity contribution in [2.45, 2.75) is 12.3 Å². The van der Waals surface area contributed by atoms with Gasteiger partial charge in [-0.05, 0) is 47.9 Å². The highest BCUT2D eigenvalue weighted by Crippen LogP contribution is 2.30. The van der Waals surface area contributed by atoms with Gasteiger partial charge >= 0.3 is 0 Å². The van der Waals surface area contributed by atoms with Crippen molar-refractivity contribution in [2.75, 3.05) is 7.11 Å². The summed E-state index contributed by atoms with van der Waals surface area (Å²) < 4.78 is 18.4. The van der Waals surface area contributed by atoms with Gasteiger partial charge in [-0.15, -0.1) is 11.6 Å². The Hall–Kier alpha value is -1.54. The number of benzene rings is 2. The Labute approximate surface area is 111 Å². The Morgan fingerprint density at radius 3 is 2.28 bits per heavy atom. The van der Waals surface area contributed by atoms with Crippen molar-refractivity contribution in [2.24, 2.45) is 0 Å². The lowest BCUT2D eigenvalue weighted by Gasteiger charge is -2.12. The van der Waals surface area contributed by atoms with Gasteiger partial charge < -0.3 is 4.74 Å². The van der Waals surface area contributed by atoms with Crippen molar-refractivity contribution in [3.05, 3.63) is 65.0 Å². The number of methoxy groups -OCH3 is 1. The summed E-state index contributed by atoms with van der Waals surface area (Å²) in [4.78, 5) is 0. The van der Waals surface area contributed by atoms with Gasteiger partial charge in [-0.1, -0.05) is 18.2 Å². The molecule has 0 fully saturated rings. The maximum Gasteiger partial charge on any atom is 0.123 e. The van der Waals surface area contributed by atoms with Crippen LogP contribution in [-0.4, -0.2) is 7.11 Å². The minimum Gasteiger partial charge on any atom is -0.497 e. The van der Waals surface area contributed by atoms with Crippen LogP contribution in [0.2, 0.25) is 0 Å². The predicted molar refractivity (Wildman–Crippen MR) is 71.8 cm³/mol. The van der Waals surface area contributed by atoms with Gasteiger partial charge in [-0.3, -0.25) is 0 Å². The first-order chi connectivity index (χ1) is 8.60. The molecule has 0 aliphatic heterocycles. The molecule has 2 rings (SSSR count). The van der Waals surface area contributed by atoms with Gasteiger partial charge in [0.05, 0.1) is 12.5 Å². The number of rotatable bonds is 3. The second-order valence-corrected chi connectivity index (χ2v) is 4.63. The topological polar surface area (TPSA) is 9.23 Å². The van der Waals surface area contributed by atoms with Crippen LogP contribution >= 0.6 is 11.6 Å². The highest BCUT2D eigenvalue weighted by Gasteiger charge is 2.12. The highest BCUT2D eigenvalue weighted by molar-refractivity contribution is 6.22. The first-order valence-corrected chi connectivity index (χ1v) is 6.09. The molecule has 2 aromatic rings. The number of aryl methyl sites for hydroxylation is 1. The molecule has 0 bridgehead atoms. The number of halogens is 2. The molecule has 1 atom stereocenters. The molecule has 0 saturated carbocycles. The zero-order valence-corrected chi connectivity index (χ0v) is 11.0. The fraction of sp³-hybridized carbons (Fsp3) is 0.200. The molecule has 18 heavy (non-hydrogen) atoms. The quantitative estimate of drug-likeness (QED) is 0.743. The van der Waals surface area contributed by atoms with Gasteiger partial charge in [0.25, 0.3) is 0 Å². The van der Waals surface area contributed by atoms with Crippen molar-refractivity contribution in [3.63, 3.8) is 0 Å². The molecular formula is C15H14ClFO. The van der Waals surface area contributed by atoms with Crippen molar-refractivity contribution >= 4 is 11.6 Å². The summed E-state index contributed by atoms with van der Waals surface area (Å²) in [5.41, 5.74) is 2.55. The number of ether oxygens (including phenoxy) is 1. The Morgan fingerprint density at radius 1 is 1.06 bits per heavy atom. The second-order valence-electron chi connectivity index (χ2n) is 4.20. The zero-order chi connectivity index (χ0) is 13.1. The highest BCUT2D eigenvalue weighted by atomic mass is 35.5. The lowest BCUT2D eigenvalue weighted by Crippen LogP contribution is -1.95. The Balaban J connectivity index is 2.31. The summed E-state index contributed by atoms with van der Waals surface area (Å²) in [6.07, 6.45) is 0. The van der Waals surface area contributed by atoms with E-state index in [1.54, 1.807) is 7.11 Å². The molecule has 1 unspecified atom stereocenters. The lowest BCUT2D eigenvalue weighted by atomic mass is 10.0. The fourth-order valence-electron chi connectivity index (χ4n) is 1.88. The van der Waals surface area contributed by atoms with Gasteiger partial charge in [0.1, 0.15) is 11.6 Å². The maximum atomic E-state index is 13.3. The molecule has 1 nitrogen and oxygen atoms in total. The van der Waals surface area contributed by atoms with Crippen LogP contribution in [0, 0.1) is 12.7 Å². The summed E-state index contributed by atoms with van der Waals surface area (Å²) in [5, 5.41) is -0.356. The normalized spacial score (nSPS) is 12.2. The Morgan fingerprint density at radius 2 is 1.72 bits per heavy atom. The summed E-state index contributed by atoms with van der Waals surface area (Å²) in [5.74, 6) is 0.516. The Kier molecular flexibility index (Phi) is 3.87. The van der Waals surface area contributed by atoms with Crippen LogP contribution in [0.25, 0.3) is 0 Å². The summed E-state index contributed by atoms with van der Waals surface area (Å²) in [6.45, 7) is 1.85. The molecule has 0 amide bonds. The van der Waals surface area contributed by atoms with Crippen LogP contribution in [0.3, 0.4) is 0 Å². The first-order valence-electron chi connectivity index (χ1n) is 5.65. The van der Waals surface area contributed by atoms with Gasteiger partial charge in [0.15, 0.2) is 0 Å². The van der Waals surface area contributed by atoms with E-state index in [1.165, 1.54) is 12.1 Å². The molecular weight excluding hydrogens is 251 g/mol. The van der Waals surface area contributed by atoms with Gasteiger partial charge in [0.2, 0.25) is 0 Å². The standard InChI is InChI=1S/C15H14ClFO/c1-10-7-12(9-13(17)8-10)15(16)11-3-5-14(18-2)6-4-11/h3-9,15H,1-2H3. The smallest absolute Gasteiger partial charge is 0.123 e. The van der Waals surface area contributed by atoms with Crippen molar-refractivity contribution in [3.8, 4) is 5.75 Å². The molecule has 0 aromatic heterocycles. The van der Waals surface area contributed by atoms with Gasteiger partial charge in [-0.2, -0.15) is 0 Å². The van der Waals surface area contributed by atoms with E-state index in [1.807, 2.05) is 37.3 Å². The first kappa shape index (κ1) is 12.9. The minimum absolute atomic E-state index is 0.260. The van der Waals surface area contributed by atoms with Crippen LogP contribution in [0.1, 0.15) is 22.1 Å². The predicted octanol–water partition coefficient (Wildman–Crippen LogP) is 4.47. The molecule has 94 valence electrons. The maximum absolute atomic E-state index is 13.3. The van der Waals surface area contributed by atoms with E-state index in [2.05, 4.69) is 0 Å². The van der Waals surface area contributed by atoms with Crippen LogP contribution in [0.15, 0.2) is 42.5 Å². The molecule has 0 aliphatic carbocycles. The Bertz CT molecular complexity index is 516. The van der Waals surface area contributed by atoms with E-state index in [-0.39, 0.29) is 11.2 Å². The molecule has 0 spiro atoms. The van der Waals surface area contributed by atoms with Gasteiger partial charge in [-0.25, -0.2) is 4.39 Å². The molecule has 0 aliphatic rings. The lowest BCUT2D eigenvalue weighted by molar-refractivity contribution is 0.414. The van der Waals surface area contributed by atoms with E-state index in [4.69, 9.17) is 16.3 Å². The molecule has 2 aromatic carbocycles. The van der Waals surface area contributed by atoms with Crippen molar-refractivity contribution in [1.29, 1.82) is 0 Å². The molecule has 0 heterocycles. The average molecular weight is 265 g/mol. The van der Waals surface area contributed by atoms with Crippen LogP contribution < -0.4 is 4.74 Å². The minimum atomic E-state index is -0.356. The van der Waals surface area contributed by atoms with E-state index >= 15 is 0 Å². The largest absolute Gasteiger partial charge is 0.497 e. The molecule has 0 radical (unpaired) electrons. The van der Waals surface area contributed by atoms with Gasteiger partial charge in [0, 0.05) is 0 Å². The third-order valence-electron chi connectivity index (χ3n) is 2.77. The fourth-order valence-corrected chi connectivity index (χ4v) is 2.15.